The van der Waals surface area contributed by atoms with Crippen LogP contribution in [0.1, 0.15) is 107 Å². The van der Waals surface area contributed by atoms with Crippen molar-refractivity contribution in [1.29, 1.82) is 0 Å². The molecule has 7 aliphatic rings. The summed E-state index contributed by atoms with van der Waals surface area (Å²) in [5.41, 5.74) is -2.41. The van der Waals surface area contributed by atoms with Crippen molar-refractivity contribution >= 4 is 0 Å². The summed E-state index contributed by atoms with van der Waals surface area (Å²) in [4.78, 5) is 0. The van der Waals surface area contributed by atoms with Crippen LogP contribution < -0.4 is 0 Å². The number of ether oxygens (including phenoxy) is 6. The average Bonchev–Trinajstić information content (AvgIpc) is 3.63. The van der Waals surface area contributed by atoms with Crippen LogP contribution in [0.15, 0.2) is 11.6 Å². The highest BCUT2D eigenvalue weighted by molar-refractivity contribution is 5.22. The van der Waals surface area contributed by atoms with Gasteiger partial charge in [0.1, 0.15) is 67.1 Å². The van der Waals surface area contributed by atoms with Gasteiger partial charge >= 0.3 is 0 Å². The molecule has 0 spiro atoms. The van der Waals surface area contributed by atoms with E-state index in [2.05, 4.69) is 26.8 Å². The second kappa shape index (κ2) is 19.0. The lowest BCUT2D eigenvalue weighted by atomic mass is 9.34. The van der Waals surface area contributed by atoms with Gasteiger partial charge in [0.15, 0.2) is 18.9 Å². The molecule has 25 atom stereocenters. The molecule has 12 N–H and O–H groups in total. The molecule has 18 heteroatoms. The molecular formula is C47H80O18. The molecule has 7 fully saturated rings. The maximum absolute atomic E-state index is 12.7. The minimum absolute atomic E-state index is 0.0828. The molecule has 4 saturated carbocycles. The van der Waals surface area contributed by atoms with Crippen LogP contribution >= 0.6 is 0 Å². The van der Waals surface area contributed by atoms with Gasteiger partial charge in [0, 0.05) is 0 Å². The molecule has 18 nitrogen and oxygen atoms in total. The average molecular weight is 933 g/mol. The monoisotopic (exact) mass is 933 g/mol. The van der Waals surface area contributed by atoms with E-state index in [-0.39, 0.29) is 30.3 Å². The van der Waals surface area contributed by atoms with Gasteiger partial charge in [-0.25, -0.2) is 0 Å². The van der Waals surface area contributed by atoms with Crippen molar-refractivity contribution in [2.24, 2.45) is 45.3 Å². The Kier molecular flexibility index (Phi) is 15.1. The molecule has 0 bridgehead atoms. The number of hydrogen-bond acceptors (Lipinski definition) is 18. The van der Waals surface area contributed by atoms with Crippen molar-refractivity contribution in [1.82, 2.24) is 0 Å². The second-order valence-corrected chi connectivity index (χ2v) is 22.6. The topological polar surface area (TPSA) is 298 Å². The fourth-order valence-electron chi connectivity index (χ4n) is 14.6. The summed E-state index contributed by atoms with van der Waals surface area (Å²) in [5.74, 6) is -1.11. The molecule has 3 saturated heterocycles. The summed E-state index contributed by atoms with van der Waals surface area (Å²) in [6, 6.07) is 0. The van der Waals surface area contributed by atoms with Crippen LogP contribution in [0, 0.1) is 45.3 Å². The predicted molar refractivity (Wildman–Crippen MR) is 229 cm³/mol. The lowest BCUT2D eigenvalue weighted by Crippen LogP contribution is -2.71. The maximum Gasteiger partial charge on any atom is 0.187 e. The zero-order valence-corrected chi connectivity index (χ0v) is 39.3. The number of fused-ring (bicyclic) bond motifs is 5. The van der Waals surface area contributed by atoms with Gasteiger partial charge in [-0.05, 0) is 117 Å². The molecular weight excluding hydrogens is 852 g/mol. The van der Waals surface area contributed by atoms with Crippen molar-refractivity contribution in [3.8, 4) is 0 Å². The van der Waals surface area contributed by atoms with Gasteiger partial charge in [0.05, 0.1) is 43.7 Å². The van der Waals surface area contributed by atoms with Gasteiger partial charge < -0.3 is 89.7 Å². The summed E-state index contributed by atoms with van der Waals surface area (Å²) in [6.45, 7) is 15.0. The molecule has 0 aromatic carbocycles. The third-order valence-electron chi connectivity index (χ3n) is 18.3. The molecule has 7 rings (SSSR count). The number of hydrogen-bond donors (Lipinski definition) is 12. The van der Waals surface area contributed by atoms with Crippen LogP contribution in [0.25, 0.3) is 0 Å². The van der Waals surface area contributed by atoms with E-state index >= 15 is 0 Å². The second-order valence-electron chi connectivity index (χ2n) is 22.6. The van der Waals surface area contributed by atoms with Crippen LogP contribution in [0.3, 0.4) is 0 Å². The van der Waals surface area contributed by atoms with Crippen molar-refractivity contribution in [2.75, 3.05) is 19.8 Å². The van der Waals surface area contributed by atoms with Crippen LogP contribution in [0.2, 0.25) is 0 Å². The fraction of sp³-hybridized carbons (Fsp3) is 0.957. The van der Waals surface area contributed by atoms with E-state index in [4.69, 9.17) is 28.4 Å². The fourth-order valence-corrected chi connectivity index (χ4v) is 14.6. The summed E-state index contributed by atoms with van der Waals surface area (Å²) in [6.07, 6.45) is -17.2. The Morgan fingerprint density at radius 2 is 1.31 bits per heavy atom. The minimum Gasteiger partial charge on any atom is -0.394 e. The van der Waals surface area contributed by atoms with Gasteiger partial charge in [0.25, 0.3) is 0 Å². The molecule has 0 radical (unpaired) electrons. The molecule has 3 heterocycles. The van der Waals surface area contributed by atoms with Gasteiger partial charge in [-0.1, -0.05) is 46.3 Å². The van der Waals surface area contributed by atoms with E-state index in [1.165, 1.54) is 0 Å². The Balaban J connectivity index is 1.27. The Bertz CT molecular complexity index is 1660. The first kappa shape index (κ1) is 51.9. The molecule has 3 aliphatic heterocycles. The first-order valence-corrected chi connectivity index (χ1v) is 23.9. The van der Waals surface area contributed by atoms with Crippen molar-refractivity contribution in [3.05, 3.63) is 11.6 Å². The number of aliphatic hydroxyl groups excluding tert-OH is 12. The van der Waals surface area contributed by atoms with Crippen LogP contribution in [-0.4, -0.2) is 191 Å². The van der Waals surface area contributed by atoms with E-state index < -0.39 is 145 Å². The van der Waals surface area contributed by atoms with E-state index in [0.29, 0.717) is 51.4 Å². The van der Waals surface area contributed by atoms with Crippen LogP contribution in [-0.2, 0) is 28.4 Å². The Labute approximate surface area is 382 Å². The van der Waals surface area contributed by atoms with E-state index in [1.807, 2.05) is 34.6 Å². The number of allylic oxidation sites excluding steroid dienone is 2. The molecule has 0 amide bonds. The standard InChI is InChI=1S/C47H80O18/c1-21(2)10-9-13-47(8,65-41-37(59)34(56)32(54)26(18-48)62-41)22-11-15-45(6)30(22)23(50)16-28-44(5)14-12-29(52)43(3,4)39(44)25(17-46(28,45)7)61-42-38(35(57)33(55)27(19-49)63-42)64-40-36(58)31(53)24(51)20-60-40/h10,22-42,48-59H,9,11-20H2,1-8H3/t22-,23+,24+,25-,26+,27+,28+,29-,30-,31-,32+,33+,34-,35-,36+,37+,38+,39-,40-,41-,42+,44+,45+,46+,47-/m0/s1. The smallest absolute Gasteiger partial charge is 0.187 e. The maximum atomic E-state index is 12.7. The zero-order valence-electron chi connectivity index (χ0n) is 39.3. The van der Waals surface area contributed by atoms with E-state index in [0.717, 1.165) is 5.57 Å². The summed E-state index contributed by atoms with van der Waals surface area (Å²) < 4.78 is 37.7. The first-order chi connectivity index (χ1) is 30.3. The van der Waals surface area contributed by atoms with Gasteiger partial charge in [-0.2, -0.15) is 0 Å². The third-order valence-corrected chi connectivity index (χ3v) is 18.3. The zero-order chi connectivity index (χ0) is 47.9. The highest BCUT2D eigenvalue weighted by Gasteiger charge is 2.74. The van der Waals surface area contributed by atoms with Crippen LogP contribution in [0.4, 0.5) is 0 Å². The van der Waals surface area contributed by atoms with E-state index in [9.17, 15) is 61.3 Å². The lowest BCUT2D eigenvalue weighted by Gasteiger charge is -2.72. The summed E-state index contributed by atoms with van der Waals surface area (Å²) in [5, 5.41) is 131. The minimum atomic E-state index is -1.73. The quantitative estimate of drug-likeness (QED) is 0.0874. The largest absolute Gasteiger partial charge is 0.394 e. The molecule has 65 heavy (non-hydrogen) atoms. The Morgan fingerprint density at radius 1 is 0.692 bits per heavy atom. The molecule has 0 aromatic rings. The van der Waals surface area contributed by atoms with Gasteiger partial charge in [0.2, 0.25) is 0 Å². The number of aliphatic hydroxyl groups is 12. The molecule has 0 unspecified atom stereocenters. The predicted octanol–water partition coefficient (Wildman–Crippen LogP) is -0.417. The highest BCUT2D eigenvalue weighted by atomic mass is 16.8. The summed E-state index contributed by atoms with van der Waals surface area (Å²) in [7, 11) is 0. The van der Waals surface area contributed by atoms with Crippen molar-refractivity contribution in [3.63, 3.8) is 0 Å². The van der Waals surface area contributed by atoms with Gasteiger partial charge in [-0.3, -0.25) is 0 Å². The SMILES string of the molecule is CC(C)=CCC[C@](C)(O[C@@H]1O[C@H](CO)[C@@H](O)[C@H](O)[C@H]1O)[C@H]1CC[C@]2(C)[C@@H]1[C@H](O)C[C@@H]1[C@@]3(C)CC[C@H](O)C(C)(C)[C@@H]3[C@@H](O[C@@H]3O[C@H](CO)[C@@H](O)[C@H](O)[C@H]3O[C@@H]3OC[C@@H](O)[C@H](O)[C@H]3O)C[C@]12C. The molecule has 376 valence electrons. The van der Waals surface area contributed by atoms with Crippen molar-refractivity contribution in [2.45, 2.75) is 217 Å². The van der Waals surface area contributed by atoms with Gasteiger partial charge in [-0.15, -0.1) is 0 Å². The normalized spacial score (nSPS) is 53.0. The number of rotatable bonds is 12. The highest BCUT2D eigenvalue weighted by Crippen LogP contribution is 2.76. The van der Waals surface area contributed by atoms with E-state index in [1.54, 1.807) is 0 Å². The Hall–Kier alpha value is -0.980. The first-order valence-electron chi connectivity index (χ1n) is 23.9. The van der Waals surface area contributed by atoms with Crippen molar-refractivity contribution < 1.29 is 89.7 Å². The Morgan fingerprint density at radius 3 is 1.94 bits per heavy atom. The molecule has 4 aliphatic carbocycles. The third kappa shape index (κ3) is 8.72. The molecule has 0 aromatic heterocycles. The summed E-state index contributed by atoms with van der Waals surface area (Å²) >= 11 is 0. The lowest BCUT2D eigenvalue weighted by molar-refractivity contribution is -0.377. The van der Waals surface area contributed by atoms with Crippen LogP contribution in [0.5, 0.6) is 0 Å².